The third-order valence-electron chi connectivity index (χ3n) is 5.69. The molecule has 0 N–H and O–H groups in total. The van der Waals surface area contributed by atoms with Crippen LogP contribution in [0.15, 0.2) is 60.9 Å². The van der Waals surface area contributed by atoms with Crippen LogP contribution in [0.5, 0.6) is 23.0 Å². The highest BCUT2D eigenvalue weighted by atomic mass is 16.5. The van der Waals surface area contributed by atoms with Gasteiger partial charge in [-0.2, -0.15) is 0 Å². The normalized spacial score (nSPS) is 11.0. The molecule has 0 aliphatic heterocycles. The fourth-order valence-electron chi connectivity index (χ4n) is 3.54. The number of methoxy groups -OCH3 is 2. The van der Waals surface area contributed by atoms with Gasteiger partial charge in [-0.3, -0.25) is 9.78 Å². The molecular formula is C31H39NO9. The van der Waals surface area contributed by atoms with E-state index in [1.807, 2.05) is 48.5 Å². The van der Waals surface area contributed by atoms with Crippen molar-refractivity contribution in [3.8, 4) is 23.0 Å². The van der Waals surface area contributed by atoms with E-state index in [0.29, 0.717) is 95.4 Å². The lowest BCUT2D eigenvalue weighted by Crippen LogP contribution is -2.08. The molecule has 0 saturated heterocycles. The van der Waals surface area contributed by atoms with E-state index in [2.05, 4.69) is 4.98 Å². The first kappa shape index (κ1) is 32.1. The molecule has 41 heavy (non-hydrogen) atoms. The highest BCUT2D eigenvalue weighted by molar-refractivity contribution is 5.83. The topological polar surface area (TPSA) is 104 Å². The Morgan fingerprint density at radius 2 is 1.05 bits per heavy atom. The van der Waals surface area contributed by atoms with Crippen LogP contribution in [-0.2, 0) is 41.6 Å². The Kier molecular flexibility index (Phi) is 15.4. The summed E-state index contributed by atoms with van der Waals surface area (Å²) in [5, 5.41) is 0. The molecule has 2 aromatic carbocycles. The largest absolute Gasteiger partial charge is 0.455 e. The van der Waals surface area contributed by atoms with Crippen molar-refractivity contribution in [2.45, 2.75) is 19.6 Å². The summed E-state index contributed by atoms with van der Waals surface area (Å²) < 4.78 is 44.0. The van der Waals surface area contributed by atoms with Crippen molar-refractivity contribution in [1.29, 1.82) is 0 Å². The smallest absolute Gasteiger partial charge is 0.159 e. The first-order chi connectivity index (χ1) is 20.2. The number of pyridine rings is 1. The summed E-state index contributed by atoms with van der Waals surface area (Å²) in [4.78, 5) is 16.1. The maximum absolute atomic E-state index is 12.0. The van der Waals surface area contributed by atoms with Crippen molar-refractivity contribution in [2.24, 2.45) is 0 Å². The number of carbonyl (C=O) groups excluding carboxylic acids is 1. The Bertz CT molecular complexity index is 1120. The number of aromatic nitrogens is 1. The lowest BCUT2D eigenvalue weighted by Gasteiger charge is -2.13. The van der Waals surface area contributed by atoms with E-state index in [9.17, 15) is 4.79 Å². The van der Waals surface area contributed by atoms with Gasteiger partial charge < -0.3 is 37.9 Å². The molecule has 3 rings (SSSR count). The van der Waals surface area contributed by atoms with Crippen LogP contribution in [0.25, 0.3) is 0 Å². The molecule has 0 fully saturated rings. The summed E-state index contributed by atoms with van der Waals surface area (Å²) in [6.45, 7) is 5.41. The van der Waals surface area contributed by atoms with Crippen molar-refractivity contribution < 1.29 is 42.7 Å². The third kappa shape index (κ3) is 12.3. The van der Waals surface area contributed by atoms with Gasteiger partial charge in [0.25, 0.3) is 0 Å². The number of nitrogens with zero attached hydrogens (tertiary/aromatic N) is 1. The molecule has 0 aliphatic rings. The van der Waals surface area contributed by atoms with Crippen molar-refractivity contribution in [3.05, 3.63) is 77.6 Å². The van der Waals surface area contributed by atoms with E-state index >= 15 is 0 Å². The molecule has 0 spiro atoms. The summed E-state index contributed by atoms with van der Waals surface area (Å²) in [7, 11) is 3.31. The number of carbonyl (C=O) groups is 1. The van der Waals surface area contributed by atoms with Gasteiger partial charge in [-0.15, -0.1) is 0 Å². The third-order valence-corrected chi connectivity index (χ3v) is 5.69. The quantitative estimate of drug-likeness (QED) is 0.118. The molecule has 0 bridgehead atoms. The standard InChI is InChI=1S/C31H39NO9/c1-34-12-3-13-36-16-18-38-23-25-4-8-27(9-5-25)40-30-20-32-21-31(29(30)22-33)41-28-10-6-26(7-11-28)24-39-19-17-37-15-14-35-2/h4-11,20-22H,3,12-19,23-24H2,1-2H3. The van der Waals surface area contributed by atoms with Crippen LogP contribution in [0.4, 0.5) is 0 Å². The van der Waals surface area contributed by atoms with E-state index in [1.54, 1.807) is 14.2 Å². The van der Waals surface area contributed by atoms with E-state index in [4.69, 9.17) is 37.9 Å². The van der Waals surface area contributed by atoms with Gasteiger partial charge in [-0.05, 0) is 41.8 Å². The van der Waals surface area contributed by atoms with Crippen LogP contribution in [0.1, 0.15) is 27.9 Å². The lowest BCUT2D eigenvalue weighted by molar-refractivity contribution is 0.0199. The predicted molar refractivity (Wildman–Crippen MR) is 152 cm³/mol. The van der Waals surface area contributed by atoms with Crippen LogP contribution < -0.4 is 9.47 Å². The zero-order valence-corrected chi connectivity index (χ0v) is 23.8. The maximum atomic E-state index is 12.0. The molecular weight excluding hydrogens is 530 g/mol. The van der Waals surface area contributed by atoms with Gasteiger partial charge in [0.2, 0.25) is 0 Å². The number of hydrogen-bond acceptors (Lipinski definition) is 10. The number of ether oxygens (including phenoxy) is 8. The van der Waals surface area contributed by atoms with Crippen molar-refractivity contribution in [2.75, 3.05) is 67.1 Å². The summed E-state index contributed by atoms with van der Waals surface area (Å²) in [5.74, 6) is 1.71. The molecule has 222 valence electrons. The molecule has 0 unspecified atom stereocenters. The van der Waals surface area contributed by atoms with E-state index < -0.39 is 0 Å². The van der Waals surface area contributed by atoms with Gasteiger partial charge in [0.1, 0.15) is 17.1 Å². The van der Waals surface area contributed by atoms with Crippen molar-refractivity contribution in [3.63, 3.8) is 0 Å². The fourth-order valence-corrected chi connectivity index (χ4v) is 3.54. The zero-order valence-electron chi connectivity index (χ0n) is 23.8. The SMILES string of the molecule is COCCCOCCOCc1ccc(Oc2cncc(Oc3ccc(COCCOCCOC)cc3)c2C=O)cc1. The van der Waals surface area contributed by atoms with Crippen LogP contribution in [0.2, 0.25) is 0 Å². The molecule has 10 nitrogen and oxygen atoms in total. The van der Waals surface area contributed by atoms with E-state index in [1.165, 1.54) is 12.4 Å². The number of aldehydes is 1. The van der Waals surface area contributed by atoms with Gasteiger partial charge in [0.15, 0.2) is 17.8 Å². The van der Waals surface area contributed by atoms with Crippen molar-refractivity contribution in [1.82, 2.24) is 4.98 Å². The van der Waals surface area contributed by atoms with Crippen LogP contribution in [-0.4, -0.2) is 78.3 Å². The first-order valence-electron chi connectivity index (χ1n) is 13.5. The number of benzene rings is 2. The Morgan fingerprint density at radius 3 is 1.54 bits per heavy atom. The van der Waals surface area contributed by atoms with Crippen LogP contribution in [0.3, 0.4) is 0 Å². The number of rotatable bonds is 22. The second kappa shape index (κ2) is 19.7. The van der Waals surface area contributed by atoms with Crippen LogP contribution >= 0.6 is 0 Å². The fraction of sp³-hybridized carbons (Fsp3) is 0.419. The van der Waals surface area contributed by atoms with Gasteiger partial charge in [-0.25, -0.2) is 0 Å². The average molecular weight is 570 g/mol. The minimum Gasteiger partial charge on any atom is -0.455 e. The molecule has 1 heterocycles. The van der Waals surface area contributed by atoms with E-state index in [-0.39, 0.29) is 5.56 Å². The zero-order chi connectivity index (χ0) is 29.0. The van der Waals surface area contributed by atoms with Crippen LogP contribution in [0, 0.1) is 0 Å². The second-order valence-electron chi connectivity index (χ2n) is 8.83. The Morgan fingerprint density at radius 1 is 0.585 bits per heavy atom. The van der Waals surface area contributed by atoms with Gasteiger partial charge in [0.05, 0.1) is 65.2 Å². The second-order valence-corrected chi connectivity index (χ2v) is 8.83. The first-order valence-corrected chi connectivity index (χ1v) is 13.5. The molecule has 0 atom stereocenters. The van der Waals surface area contributed by atoms with Crippen molar-refractivity contribution >= 4 is 6.29 Å². The molecule has 0 saturated carbocycles. The maximum Gasteiger partial charge on any atom is 0.159 e. The minimum absolute atomic E-state index is 0.263. The highest BCUT2D eigenvalue weighted by Crippen LogP contribution is 2.32. The van der Waals surface area contributed by atoms with Gasteiger partial charge in [0, 0.05) is 27.4 Å². The summed E-state index contributed by atoms with van der Waals surface area (Å²) in [6.07, 6.45) is 4.53. The lowest BCUT2D eigenvalue weighted by atomic mass is 10.2. The summed E-state index contributed by atoms with van der Waals surface area (Å²) in [5.41, 5.74) is 2.24. The van der Waals surface area contributed by atoms with E-state index in [0.717, 1.165) is 17.5 Å². The molecule has 0 amide bonds. The average Bonchev–Trinajstić information content (AvgIpc) is 3.00. The Balaban J connectivity index is 1.46. The molecule has 0 aliphatic carbocycles. The predicted octanol–water partition coefficient (Wildman–Crippen LogP) is 5.23. The number of hydrogen-bond donors (Lipinski definition) is 0. The Hall–Kier alpha value is -3.38. The Labute approximate surface area is 241 Å². The minimum atomic E-state index is 0.263. The monoisotopic (exact) mass is 569 g/mol. The molecule has 10 heteroatoms. The molecule has 0 radical (unpaired) electrons. The molecule has 1 aromatic heterocycles. The van der Waals surface area contributed by atoms with Gasteiger partial charge >= 0.3 is 0 Å². The summed E-state index contributed by atoms with van der Waals surface area (Å²) in [6, 6.07) is 14.9. The summed E-state index contributed by atoms with van der Waals surface area (Å²) >= 11 is 0. The molecule has 3 aromatic rings. The highest BCUT2D eigenvalue weighted by Gasteiger charge is 2.13. The van der Waals surface area contributed by atoms with Gasteiger partial charge in [-0.1, -0.05) is 24.3 Å².